The number of sulfonamides is 1. The zero-order valence-electron chi connectivity index (χ0n) is 15.6. The molecule has 148 valence electrons. The monoisotopic (exact) mass is 421 g/mol. The summed E-state index contributed by atoms with van der Waals surface area (Å²) in [7, 11) is 0.639. The Morgan fingerprint density at radius 2 is 2.12 bits per heavy atom. The lowest BCUT2D eigenvalue weighted by Gasteiger charge is -2.25. The maximum atomic E-state index is 12.4. The number of hydrogen-bond acceptors (Lipinski definition) is 4. The minimum Gasteiger partial charge on any atom is -0.357 e. The van der Waals surface area contributed by atoms with E-state index < -0.39 is 10.0 Å². The largest absolute Gasteiger partial charge is 0.357 e. The normalized spacial score (nSPS) is 16.7. The highest BCUT2D eigenvalue weighted by Gasteiger charge is 2.23. The van der Waals surface area contributed by atoms with Gasteiger partial charge < -0.3 is 14.8 Å². The SMILES string of the molecule is CCNC(=NCCS(=O)(=O)N1CCSCC1)N(C)Cc1cc(Cl)cn1C. The van der Waals surface area contributed by atoms with E-state index in [4.69, 9.17) is 11.6 Å². The van der Waals surface area contributed by atoms with E-state index in [2.05, 4.69) is 10.3 Å². The van der Waals surface area contributed by atoms with Crippen LogP contribution in [0.2, 0.25) is 5.02 Å². The molecule has 1 saturated heterocycles. The van der Waals surface area contributed by atoms with Crippen LogP contribution in [0.4, 0.5) is 0 Å². The van der Waals surface area contributed by atoms with Gasteiger partial charge in [-0.05, 0) is 13.0 Å². The van der Waals surface area contributed by atoms with Gasteiger partial charge in [0.1, 0.15) is 0 Å². The molecule has 1 aromatic rings. The first-order valence-corrected chi connectivity index (χ1v) is 11.8. The second-order valence-corrected chi connectivity index (χ2v) is 9.93. The van der Waals surface area contributed by atoms with Crippen molar-refractivity contribution in [2.45, 2.75) is 13.5 Å². The van der Waals surface area contributed by atoms with Crippen LogP contribution in [0.3, 0.4) is 0 Å². The topological polar surface area (TPSA) is 69.9 Å². The Morgan fingerprint density at radius 1 is 1.42 bits per heavy atom. The second-order valence-electron chi connectivity index (χ2n) is 6.18. The predicted molar refractivity (Wildman–Crippen MR) is 111 cm³/mol. The predicted octanol–water partition coefficient (Wildman–Crippen LogP) is 1.45. The molecular formula is C16H28ClN5O2S2. The molecule has 2 heterocycles. The summed E-state index contributed by atoms with van der Waals surface area (Å²) < 4.78 is 28.4. The molecule has 0 bridgehead atoms. The van der Waals surface area contributed by atoms with Crippen LogP contribution >= 0.6 is 23.4 Å². The molecule has 0 saturated carbocycles. The van der Waals surface area contributed by atoms with E-state index in [1.165, 1.54) is 0 Å². The minimum absolute atomic E-state index is 0.0381. The summed E-state index contributed by atoms with van der Waals surface area (Å²) in [5.74, 6) is 2.46. The molecule has 0 atom stereocenters. The first-order chi connectivity index (χ1) is 12.3. The van der Waals surface area contributed by atoms with Crippen molar-refractivity contribution in [3.05, 3.63) is 23.0 Å². The van der Waals surface area contributed by atoms with Gasteiger partial charge in [0.05, 0.1) is 23.9 Å². The van der Waals surface area contributed by atoms with Gasteiger partial charge in [-0.1, -0.05) is 11.6 Å². The number of aromatic nitrogens is 1. The van der Waals surface area contributed by atoms with Crippen LogP contribution in [0.15, 0.2) is 17.3 Å². The zero-order chi connectivity index (χ0) is 19.2. The number of halogens is 1. The Bertz CT molecular complexity index is 714. The summed E-state index contributed by atoms with van der Waals surface area (Å²) in [5, 5.41) is 3.91. The van der Waals surface area contributed by atoms with E-state index in [9.17, 15) is 8.42 Å². The van der Waals surface area contributed by atoms with Crippen LogP contribution in [-0.4, -0.2) is 78.6 Å². The molecule has 1 aliphatic rings. The maximum Gasteiger partial charge on any atom is 0.215 e. The van der Waals surface area contributed by atoms with Gasteiger partial charge >= 0.3 is 0 Å². The average Bonchev–Trinajstić information content (AvgIpc) is 2.92. The highest BCUT2D eigenvalue weighted by Crippen LogP contribution is 2.15. The lowest BCUT2D eigenvalue weighted by molar-refractivity contribution is 0.443. The van der Waals surface area contributed by atoms with Crippen LogP contribution in [0.5, 0.6) is 0 Å². The van der Waals surface area contributed by atoms with E-state index in [-0.39, 0.29) is 12.3 Å². The van der Waals surface area contributed by atoms with Gasteiger partial charge in [0.25, 0.3) is 0 Å². The van der Waals surface area contributed by atoms with Crippen LogP contribution < -0.4 is 5.32 Å². The fourth-order valence-corrected chi connectivity index (χ4v) is 5.46. The molecule has 1 N–H and O–H groups in total. The van der Waals surface area contributed by atoms with E-state index in [1.807, 2.05) is 42.7 Å². The van der Waals surface area contributed by atoms with Gasteiger partial charge in [-0.15, -0.1) is 0 Å². The molecule has 0 aromatic carbocycles. The standard InChI is InChI=1S/C16H28ClN5O2S2/c1-4-18-16(21(3)13-15-11-14(17)12-20(15)2)19-5-10-26(23,24)22-6-8-25-9-7-22/h11-12H,4-10,13H2,1-3H3,(H,18,19). The summed E-state index contributed by atoms with van der Waals surface area (Å²) in [4.78, 5) is 6.48. The highest BCUT2D eigenvalue weighted by molar-refractivity contribution is 7.99. The van der Waals surface area contributed by atoms with E-state index >= 15 is 0 Å². The number of hydrogen-bond donors (Lipinski definition) is 1. The molecule has 7 nitrogen and oxygen atoms in total. The molecule has 1 aromatic heterocycles. The third-order valence-electron chi connectivity index (χ3n) is 4.14. The third kappa shape index (κ3) is 6.07. The number of aryl methyl sites for hydroxylation is 1. The van der Waals surface area contributed by atoms with Gasteiger partial charge in [0.2, 0.25) is 10.0 Å². The zero-order valence-corrected chi connectivity index (χ0v) is 18.0. The summed E-state index contributed by atoms with van der Waals surface area (Å²) in [6.07, 6.45) is 1.86. The van der Waals surface area contributed by atoms with Gasteiger partial charge in [-0.2, -0.15) is 11.8 Å². The van der Waals surface area contributed by atoms with Crippen molar-refractivity contribution in [3.63, 3.8) is 0 Å². The Hall–Kier alpha value is -0.900. The molecule has 0 unspecified atom stereocenters. The second kappa shape index (κ2) is 9.87. The van der Waals surface area contributed by atoms with E-state index in [0.717, 1.165) is 17.2 Å². The summed E-state index contributed by atoms with van der Waals surface area (Å²) in [6, 6.07) is 1.92. The molecule has 0 radical (unpaired) electrons. The Kier molecular flexibility index (Phi) is 8.12. The van der Waals surface area contributed by atoms with Crippen LogP contribution in [0, 0.1) is 0 Å². The molecule has 0 amide bonds. The smallest absolute Gasteiger partial charge is 0.215 e. The number of aliphatic imine (C=N–C) groups is 1. The quantitative estimate of drug-likeness (QED) is 0.533. The van der Waals surface area contributed by atoms with Crippen molar-refractivity contribution < 1.29 is 8.42 Å². The number of nitrogens with one attached hydrogen (secondary N) is 1. The fraction of sp³-hybridized carbons (Fsp3) is 0.688. The van der Waals surface area contributed by atoms with Gasteiger partial charge in [-0.3, -0.25) is 4.99 Å². The molecule has 10 heteroatoms. The fourth-order valence-electron chi connectivity index (χ4n) is 2.73. The maximum absolute atomic E-state index is 12.4. The summed E-state index contributed by atoms with van der Waals surface area (Å²) in [6.45, 7) is 4.78. The molecule has 0 spiro atoms. The van der Waals surface area contributed by atoms with Crippen LogP contribution in [-0.2, 0) is 23.6 Å². The first-order valence-electron chi connectivity index (χ1n) is 8.69. The third-order valence-corrected chi connectivity index (χ3v) is 7.14. The molecule has 1 aliphatic heterocycles. The minimum atomic E-state index is -3.24. The molecule has 2 rings (SSSR count). The molecule has 26 heavy (non-hydrogen) atoms. The first kappa shape index (κ1) is 21.4. The lowest BCUT2D eigenvalue weighted by Crippen LogP contribution is -2.41. The molecular weight excluding hydrogens is 394 g/mol. The Labute approximate surface area is 165 Å². The summed E-state index contributed by atoms with van der Waals surface area (Å²) >= 11 is 7.84. The van der Waals surface area contributed by atoms with Crippen molar-refractivity contribution in [3.8, 4) is 0 Å². The average molecular weight is 422 g/mol. The van der Waals surface area contributed by atoms with Gasteiger partial charge in [0.15, 0.2) is 5.96 Å². The number of thioether (sulfide) groups is 1. The van der Waals surface area contributed by atoms with Gasteiger partial charge in [-0.25, -0.2) is 12.7 Å². The van der Waals surface area contributed by atoms with E-state index in [0.29, 0.717) is 37.2 Å². The van der Waals surface area contributed by atoms with Crippen molar-refractivity contribution in [2.24, 2.45) is 12.0 Å². The van der Waals surface area contributed by atoms with Crippen molar-refractivity contribution >= 4 is 39.3 Å². The lowest BCUT2D eigenvalue weighted by atomic mass is 10.4. The van der Waals surface area contributed by atoms with E-state index in [1.54, 1.807) is 16.1 Å². The van der Waals surface area contributed by atoms with Crippen LogP contribution in [0.1, 0.15) is 12.6 Å². The summed E-state index contributed by atoms with van der Waals surface area (Å²) in [5.41, 5.74) is 1.06. The molecule has 0 aliphatic carbocycles. The number of nitrogens with zero attached hydrogens (tertiary/aromatic N) is 4. The highest BCUT2D eigenvalue weighted by atomic mass is 35.5. The van der Waals surface area contributed by atoms with Crippen molar-refractivity contribution in [1.29, 1.82) is 0 Å². The van der Waals surface area contributed by atoms with Crippen LogP contribution in [0.25, 0.3) is 0 Å². The molecule has 1 fully saturated rings. The van der Waals surface area contributed by atoms with Crippen molar-refractivity contribution in [1.82, 2.24) is 19.1 Å². The Morgan fingerprint density at radius 3 is 2.69 bits per heavy atom. The number of guanidine groups is 1. The Balaban J connectivity index is 1.97. The van der Waals surface area contributed by atoms with Crippen molar-refractivity contribution in [2.75, 3.05) is 50.5 Å². The number of rotatable bonds is 7. The van der Waals surface area contributed by atoms with Gasteiger partial charge in [0, 0.05) is 57.1 Å².